The number of carbonyl (C=O) groups excluding carboxylic acids is 2. The van der Waals surface area contributed by atoms with E-state index in [2.05, 4.69) is 185 Å². The molecule has 11 aromatic rings. The predicted molar refractivity (Wildman–Crippen MR) is 464 cm³/mol. The van der Waals surface area contributed by atoms with E-state index in [1.807, 2.05) is 157 Å². The molecule has 0 amide bonds. The van der Waals surface area contributed by atoms with Crippen LogP contribution in [0.25, 0.3) is 21.8 Å². The van der Waals surface area contributed by atoms with Gasteiger partial charge in [-0.2, -0.15) is 0 Å². The molecule has 6 aromatic heterocycles. The van der Waals surface area contributed by atoms with E-state index in [0.29, 0.717) is 43.3 Å². The molecule has 8 heterocycles. The molecule has 14 rings (SSSR count). The van der Waals surface area contributed by atoms with Crippen molar-refractivity contribution < 1.29 is 29.4 Å². The molecular formula is C86H93Br5N12O8. The summed E-state index contributed by atoms with van der Waals surface area (Å²) in [6, 6.07) is 50.1. The van der Waals surface area contributed by atoms with Crippen LogP contribution in [0.1, 0.15) is 111 Å². The number of aliphatic carboxylic acids is 2. The lowest BCUT2D eigenvalue weighted by atomic mass is 9.91. The Balaban J connectivity index is 0.000000177. The fourth-order valence-corrected chi connectivity index (χ4v) is 15.5. The number of halogens is 5. The van der Waals surface area contributed by atoms with Crippen molar-refractivity contribution in [2.24, 2.45) is 14.1 Å². The number of anilines is 4. The first-order chi connectivity index (χ1) is 53.3. The summed E-state index contributed by atoms with van der Waals surface area (Å²) < 4.78 is 8.59. The summed E-state index contributed by atoms with van der Waals surface area (Å²) in [5.74, 6) is -1.48. The van der Waals surface area contributed by atoms with Crippen molar-refractivity contribution in [3.63, 3.8) is 0 Å². The predicted octanol–water partition coefficient (Wildman–Crippen LogP) is 17.9. The molecule has 580 valence electrons. The van der Waals surface area contributed by atoms with Crippen molar-refractivity contribution in [1.82, 2.24) is 39.3 Å². The number of nitrogens with zero attached hydrogens (tertiary/aromatic N) is 9. The van der Waals surface area contributed by atoms with Crippen LogP contribution < -0.4 is 37.0 Å². The molecule has 2 saturated heterocycles. The van der Waals surface area contributed by atoms with Crippen LogP contribution in [0.15, 0.2) is 233 Å². The first-order valence-electron chi connectivity index (χ1n) is 36.3. The lowest BCUT2D eigenvalue weighted by Gasteiger charge is -2.40. The summed E-state index contributed by atoms with van der Waals surface area (Å²) in [5.41, 5.74) is 21.0. The van der Waals surface area contributed by atoms with Gasteiger partial charge in [0.25, 0.3) is 0 Å². The summed E-state index contributed by atoms with van der Waals surface area (Å²) in [4.78, 5) is 91.9. The van der Waals surface area contributed by atoms with Crippen LogP contribution in [-0.2, 0) is 49.7 Å². The minimum absolute atomic E-state index is 0.107. The quantitative estimate of drug-likeness (QED) is 0.0342. The van der Waals surface area contributed by atoms with Gasteiger partial charge in [-0.25, -0.2) is 4.79 Å². The van der Waals surface area contributed by atoms with Crippen LogP contribution in [-0.4, -0.2) is 113 Å². The minimum Gasteiger partial charge on any atom is -0.481 e. The zero-order valence-electron chi connectivity index (χ0n) is 63.1. The largest absolute Gasteiger partial charge is 0.481 e. The maximum atomic E-state index is 13.6. The molecule has 2 fully saturated rings. The minimum atomic E-state index is -0.981. The topological polar surface area (TPSA) is 264 Å². The number of hydrogen-bond donors (Lipinski definition) is 5. The molecule has 0 radical (unpaired) electrons. The van der Waals surface area contributed by atoms with Crippen molar-refractivity contribution in [2.45, 2.75) is 111 Å². The van der Waals surface area contributed by atoms with Gasteiger partial charge in [0, 0.05) is 194 Å². The zero-order chi connectivity index (χ0) is 80.1. The molecule has 2 atom stereocenters. The summed E-state index contributed by atoms with van der Waals surface area (Å²) in [6.45, 7) is 17.9. The maximum absolute atomic E-state index is 13.6. The number of rotatable bonds is 16. The Bertz CT molecular complexity index is 5080. The number of nitrogens with one attached hydrogen (secondary N) is 2. The summed E-state index contributed by atoms with van der Waals surface area (Å²) in [6.07, 6.45) is 20.2. The van der Waals surface area contributed by atoms with E-state index in [9.17, 15) is 28.8 Å². The SMILES string of the molecule is C=CC(=O)O.Cc1ccc(N2CCC[C@H](N(Cc3ccnc(C)c3)Cc3cn(C)c4c(Br)cccc4c3=O)C2)cn1.Cc1ccc(N2CCC[C@H](NCc3ccnc(C)c3)C2)cn1.Cn1cc(C=O)c(=O)c2cccc(Br)c21.Nc1ccccc1Br.O=C(O)CCNc1ccccc1Br.O=C1CCCc2c(Br)cccc21. The van der Waals surface area contributed by atoms with Gasteiger partial charge in [-0.15, -0.1) is 0 Å². The fraction of sp³-hybridized carbons (Fsp3) is 0.279. The van der Waals surface area contributed by atoms with Gasteiger partial charge in [0.2, 0.25) is 0 Å². The summed E-state index contributed by atoms with van der Waals surface area (Å²) >= 11 is 17.1. The fourth-order valence-electron chi connectivity index (χ4n) is 13.0. The molecule has 111 heavy (non-hydrogen) atoms. The number of Topliss-reactive ketones (excluding diaryl/α,β-unsaturated/α-hetero) is 1. The van der Waals surface area contributed by atoms with E-state index < -0.39 is 11.9 Å². The molecule has 0 saturated carbocycles. The van der Waals surface area contributed by atoms with Gasteiger partial charge >= 0.3 is 11.9 Å². The lowest BCUT2D eigenvalue weighted by Crippen LogP contribution is -2.48. The number of aldehydes is 1. The second-order valence-electron chi connectivity index (χ2n) is 26.9. The highest BCUT2D eigenvalue weighted by molar-refractivity contribution is 9.11. The van der Waals surface area contributed by atoms with Gasteiger partial charge in [0.05, 0.1) is 46.8 Å². The number of aromatic nitrogens is 6. The third-order valence-electron chi connectivity index (χ3n) is 18.5. The molecule has 1 aliphatic carbocycles. The average Bonchev–Trinajstić information content (AvgIpc) is 0.786. The number of piperidine rings is 2. The number of fused-ring (bicyclic) bond motifs is 3. The Labute approximate surface area is 690 Å². The van der Waals surface area contributed by atoms with Crippen molar-refractivity contribution in [2.75, 3.05) is 53.6 Å². The van der Waals surface area contributed by atoms with Gasteiger partial charge in [0.15, 0.2) is 22.9 Å². The molecule has 0 spiro atoms. The van der Waals surface area contributed by atoms with Crippen molar-refractivity contribution >= 4 is 148 Å². The van der Waals surface area contributed by atoms with Crippen molar-refractivity contribution in [3.8, 4) is 0 Å². The van der Waals surface area contributed by atoms with Gasteiger partial charge in [-0.3, -0.25) is 48.8 Å². The smallest absolute Gasteiger partial charge is 0.327 e. The highest BCUT2D eigenvalue weighted by Gasteiger charge is 2.28. The number of carboxylic acid groups (broad SMARTS) is 2. The number of hydrogen-bond acceptors (Lipinski definition) is 16. The molecule has 2 aliphatic heterocycles. The van der Waals surface area contributed by atoms with Crippen LogP contribution in [0.4, 0.5) is 22.7 Å². The second-order valence-corrected chi connectivity index (χ2v) is 31.2. The zero-order valence-corrected chi connectivity index (χ0v) is 71.0. The van der Waals surface area contributed by atoms with E-state index in [0.717, 1.165) is 161 Å². The Kier molecular flexibility index (Phi) is 34.6. The molecule has 3 aliphatic rings. The standard InChI is InChI=1S/C29H32BrN5O.C18H24N4.C11H8BrNO2.C10H9BrO.C9H10BrNO2.C6H6BrN.C3H4O2/c1-20-9-10-24(15-32-20)34-13-5-6-25(19-34)35(16-22-11-12-31-21(2)14-22)18-23-17-33(3)28-26(29(23)36)7-4-8-27(28)30;1-14-5-6-18(12-20-14)22-9-3-4-17(13-22)21-11-16-7-8-19-15(2)10-16;1-13-5-7(6-14)11(15)8-3-2-4-9(12)10(8)13;11-9-5-1-4-8-7(9)3-2-6-10(8)12;10-7-3-1-2-4-8(7)11-6-5-9(12)13;7-5-3-1-2-4-6(5)8;1-2-3(4)5/h4,7-12,14-15,17,25H,5-6,13,16,18-19H2,1-3H3;5-8,10,12,17,21H,3-4,9,11,13H2,1-2H3;2-6H,1H3;1,4-5H,2-3,6H2;1-4,11H,5-6H2,(H,12,13);1-4H,8H2;2H,1H2,(H,4,5)/t25-;17-;;;;;/m00...../s1. The van der Waals surface area contributed by atoms with Crippen LogP contribution >= 0.6 is 79.6 Å². The second kappa shape index (κ2) is 44.0. The normalized spacial score (nSPS) is 14.1. The van der Waals surface area contributed by atoms with Gasteiger partial charge < -0.3 is 45.5 Å². The Morgan fingerprint density at radius 3 is 1.71 bits per heavy atom. The molecular weight excluding hydrogens is 1730 g/mol. The highest BCUT2D eigenvalue weighted by atomic mass is 79.9. The van der Waals surface area contributed by atoms with E-state index in [1.165, 1.54) is 35.2 Å². The Morgan fingerprint density at radius 2 is 1.15 bits per heavy atom. The number of benzene rings is 5. The van der Waals surface area contributed by atoms with E-state index >= 15 is 0 Å². The van der Waals surface area contributed by atoms with Gasteiger partial charge in [0.1, 0.15) is 0 Å². The van der Waals surface area contributed by atoms with Crippen LogP contribution in [0, 0.1) is 27.7 Å². The molecule has 0 unspecified atom stereocenters. The molecule has 25 heteroatoms. The number of pyridine rings is 6. The third-order valence-corrected chi connectivity index (χ3v) is 22.0. The first-order valence-corrected chi connectivity index (χ1v) is 40.3. The number of nitrogen functional groups attached to an aromatic ring is 1. The van der Waals surface area contributed by atoms with Crippen LogP contribution in [0.2, 0.25) is 0 Å². The highest BCUT2D eigenvalue weighted by Crippen LogP contribution is 2.30. The number of carboxylic acids is 2. The van der Waals surface area contributed by atoms with Crippen molar-refractivity contribution in [3.05, 3.63) is 300 Å². The molecule has 20 nitrogen and oxygen atoms in total. The van der Waals surface area contributed by atoms with E-state index in [-0.39, 0.29) is 28.6 Å². The molecule has 0 bridgehead atoms. The van der Waals surface area contributed by atoms with Gasteiger partial charge in [-0.1, -0.05) is 71.0 Å². The van der Waals surface area contributed by atoms with E-state index in [4.69, 9.17) is 15.9 Å². The van der Waals surface area contributed by atoms with Gasteiger partial charge in [-0.05, 0) is 250 Å². The monoisotopic (exact) mass is 1820 g/mol. The lowest BCUT2D eigenvalue weighted by molar-refractivity contribution is -0.136. The molecule has 6 N–H and O–H groups in total. The van der Waals surface area contributed by atoms with Crippen molar-refractivity contribution in [1.29, 1.82) is 0 Å². The number of carbonyl (C=O) groups is 4. The number of nitrogens with two attached hydrogens (primary N) is 1. The number of ketones is 1. The number of aryl methyl sites for hydroxylation is 6. The Morgan fingerprint density at radius 1 is 0.604 bits per heavy atom. The van der Waals surface area contributed by atoms with Crippen LogP contribution in [0.5, 0.6) is 0 Å². The van der Waals surface area contributed by atoms with Crippen LogP contribution in [0.3, 0.4) is 0 Å². The molecule has 5 aromatic carbocycles. The number of para-hydroxylation sites is 4. The van der Waals surface area contributed by atoms with E-state index in [1.54, 1.807) is 29.9 Å². The first kappa shape index (κ1) is 87.2. The maximum Gasteiger partial charge on any atom is 0.327 e. The summed E-state index contributed by atoms with van der Waals surface area (Å²) in [7, 11) is 3.82. The Hall–Kier alpha value is -9.34. The summed E-state index contributed by atoms with van der Waals surface area (Å²) in [5, 5.41) is 24.0. The average molecular weight is 1820 g/mol. The third kappa shape index (κ3) is 26.7.